The average Bonchev–Trinajstić information content (AvgIpc) is 2.56. The SMILES string of the molecule is NCCN1CCCN(c2ncncc2I)CC1. The Labute approximate surface area is 116 Å². The molecule has 2 rings (SSSR count). The lowest BCUT2D eigenvalue weighted by Crippen LogP contribution is -2.34. The molecule has 0 spiro atoms. The van der Waals surface area contributed by atoms with Crippen LogP contribution >= 0.6 is 22.6 Å². The molecule has 1 aromatic rings. The fourth-order valence-electron chi connectivity index (χ4n) is 2.13. The van der Waals surface area contributed by atoms with Crippen molar-refractivity contribution in [2.45, 2.75) is 6.42 Å². The van der Waals surface area contributed by atoms with Gasteiger partial charge in [-0.2, -0.15) is 0 Å². The monoisotopic (exact) mass is 347 g/mol. The number of hydrogen-bond donors (Lipinski definition) is 1. The zero-order valence-electron chi connectivity index (χ0n) is 9.85. The topological polar surface area (TPSA) is 58.3 Å². The summed E-state index contributed by atoms with van der Waals surface area (Å²) in [5, 5.41) is 0. The molecule has 0 amide bonds. The van der Waals surface area contributed by atoms with E-state index in [0.717, 1.165) is 48.7 Å². The molecule has 0 unspecified atom stereocenters. The summed E-state index contributed by atoms with van der Waals surface area (Å²) < 4.78 is 1.12. The average molecular weight is 347 g/mol. The minimum atomic E-state index is 0.741. The van der Waals surface area contributed by atoms with Crippen molar-refractivity contribution in [3.05, 3.63) is 16.1 Å². The van der Waals surface area contributed by atoms with Crippen molar-refractivity contribution in [3.8, 4) is 0 Å². The molecule has 1 saturated heterocycles. The normalized spacial score (nSPS) is 18.1. The Morgan fingerprint density at radius 2 is 2.18 bits per heavy atom. The van der Waals surface area contributed by atoms with Crippen LogP contribution in [0.2, 0.25) is 0 Å². The number of nitrogens with zero attached hydrogens (tertiary/aromatic N) is 4. The largest absolute Gasteiger partial charge is 0.354 e. The standard InChI is InChI=1S/C11H18IN5/c12-10-8-14-9-15-11(10)17-4-1-3-16(5-2-13)6-7-17/h8-9H,1-7,13H2. The summed E-state index contributed by atoms with van der Waals surface area (Å²) in [7, 11) is 0. The molecule has 2 heterocycles. The molecular formula is C11H18IN5. The van der Waals surface area contributed by atoms with E-state index < -0.39 is 0 Å². The first-order valence-electron chi connectivity index (χ1n) is 5.94. The minimum absolute atomic E-state index is 0.741. The van der Waals surface area contributed by atoms with E-state index in [4.69, 9.17) is 5.73 Å². The summed E-state index contributed by atoms with van der Waals surface area (Å²) in [5.41, 5.74) is 5.60. The van der Waals surface area contributed by atoms with E-state index in [1.165, 1.54) is 6.42 Å². The summed E-state index contributed by atoms with van der Waals surface area (Å²) in [4.78, 5) is 13.2. The summed E-state index contributed by atoms with van der Waals surface area (Å²) in [6.45, 7) is 6.02. The molecule has 1 aliphatic rings. The second kappa shape index (κ2) is 6.46. The van der Waals surface area contributed by atoms with E-state index in [1.54, 1.807) is 6.33 Å². The first-order valence-corrected chi connectivity index (χ1v) is 7.02. The molecule has 0 aliphatic carbocycles. The van der Waals surface area contributed by atoms with Crippen LogP contribution in [0.5, 0.6) is 0 Å². The molecule has 5 nitrogen and oxygen atoms in total. The van der Waals surface area contributed by atoms with Gasteiger partial charge in [0.1, 0.15) is 12.1 Å². The first kappa shape index (κ1) is 13.0. The molecule has 0 atom stereocenters. The highest BCUT2D eigenvalue weighted by molar-refractivity contribution is 14.1. The Kier molecular flexibility index (Phi) is 4.93. The Morgan fingerprint density at radius 1 is 1.29 bits per heavy atom. The lowest BCUT2D eigenvalue weighted by atomic mass is 10.3. The minimum Gasteiger partial charge on any atom is -0.354 e. The van der Waals surface area contributed by atoms with Gasteiger partial charge in [-0.3, -0.25) is 0 Å². The van der Waals surface area contributed by atoms with E-state index in [-0.39, 0.29) is 0 Å². The van der Waals surface area contributed by atoms with E-state index >= 15 is 0 Å². The third-order valence-electron chi connectivity index (χ3n) is 2.98. The molecule has 1 aromatic heterocycles. The Bertz CT molecular complexity index is 359. The van der Waals surface area contributed by atoms with Gasteiger partial charge < -0.3 is 15.5 Å². The van der Waals surface area contributed by atoms with Gasteiger partial charge >= 0.3 is 0 Å². The van der Waals surface area contributed by atoms with Gasteiger partial charge in [-0.1, -0.05) is 0 Å². The number of aromatic nitrogens is 2. The molecule has 17 heavy (non-hydrogen) atoms. The Hall–Kier alpha value is -0.470. The maximum absolute atomic E-state index is 5.60. The predicted octanol–water partition coefficient (Wildman–Crippen LogP) is 0.552. The predicted molar refractivity (Wildman–Crippen MR) is 77.1 cm³/mol. The lowest BCUT2D eigenvalue weighted by Gasteiger charge is -2.23. The smallest absolute Gasteiger partial charge is 0.145 e. The van der Waals surface area contributed by atoms with Crippen LogP contribution in [0.1, 0.15) is 6.42 Å². The third-order valence-corrected chi connectivity index (χ3v) is 3.74. The van der Waals surface area contributed by atoms with Crippen LogP contribution in [0.25, 0.3) is 0 Å². The highest BCUT2D eigenvalue weighted by atomic mass is 127. The van der Waals surface area contributed by atoms with Gasteiger partial charge in [-0.15, -0.1) is 0 Å². The zero-order valence-corrected chi connectivity index (χ0v) is 12.0. The van der Waals surface area contributed by atoms with Crippen LogP contribution in [0.3, 0.4) is 0 Å². The molecular weight excluding hydrogens is 329 g/mol. The van der Waals surface area contributed by atoms with Gasteiger partial charge in [0.05, 0.1) is 3.57 Å². The lowest BCUT2D eigenvalue weighted by molar-refractivity contribution is 0.302. The molecule has 0 saturated carbocycles. The third kappa shape index (κ3) is 3.49. The number of nitrogens with two attached hydrogens (primary N) is 1. The van der Waals surface area contributed by atoms with Crippen molar-refractivity contribution >= 4 is 28.4 Å². The molecule has 1 aliphatic heterocycles. The van der Waals surface area contributed by atoms with Gasteiger partial charge in [0, 0.05) is 38.9 Å². The van der Waals surface area contributed by atoms with Gasteiger partial charge in [-0.05, 0) is 35.6 Å². The second-order valence-corrected chi connectivity index (χ2v) is 5.33. The van der Waals surface area contributed by atoms with Crippen molar-refractivity contribution in [3.63, 3.8) is 0 Å². The summed E-state index contributed by atoms with van der Waals surface area (Å²) in [6.07, 6.45) is 4.66. The van der Waals surface area contributed by atoms with Crippen molar-refractivity contribution < 1.29 is 0 Å². The van der Waals surface area contributed by atoms with Crippen LogP contribution in [0.15, 0.2) is 12.5 Å². The van der Waals surface area contributed by atoms with Crippen LogP contribution < -0.4 is 10.6 Å². The fourth-order valence-corrected chi connectivity index (χ4v) is 2.77. The first-order chi connectivity index (χ1) is 8.31. The molecule has 0 bridgehead atoms. The molecule has 2 N–H and O–H groups in total. The Balaban J connectivity index is 2.01. The van der Waals surface area contributed by atoms with E-state index in [9.17, 15) is 0 Å². The molecule has 94 valence electrons. The molecule has 0 aromatic carbocycles. The highest BCUT2D eigenvalue weighted by Gasteiger charge is 2.17. The van der Waals surface area contributed by atoms with Gasteiger partial charge in [0.25, 0.3) is 0 Å². The van der Waals surface area contributed by atoms with Crippen molar-refractivity contribution in [2.24, 2.45) is 5.73 Å². The Morgan fingerprint density at radius 3 is 2.94 bits per heavy atom. The van der Waals surface area contributed by atoms with Crippen molar-refractivity contribution in [1.82, 2.24) is 14.9 Å². The quantitative estimate of drug-likeness (QED) is 0.810. The molecule has 0 radical (unpaired) electrons. The van der Waals surface area contributed by atoms with Crippen LogP contribution in [0.4, 0.5) is 5.82 Å². The maximum atomic E-state index is 5.60. The van der Waals surface area contributed by atoms with Crippen LogP contribution in [-0.4, -0.2) is 54.1 Å². The van der Waals surface area contributed by atoms with Gasteiger partial charge in [-0.25, -0.2) is 9.97 Å². The summed E-state index contributed by atoms with van der Waals surface area (Å²) in [6, 6.07) is 0. The summed E-state index contributed by atoms with van der Waals surface area (Å²) >= 11 is 2.30. The number of halogens is 1. The number of rotatable bonds is 3. The van der Waals surface area contributed by atoms with E-state index in [2.05, 4.69) is 42.4 Å². The number of anilines is 1. The van der Waals surface area contributed by atoms with Crippen molar-refractivity contribution in [1.29, 1.82) is 0 Å². The zero-order chi connectivity index (χ0) is 12.1. The fraction of sp³-hybridized carbons (Fsp3) is 0.636. The highest BCUT2D eigenvalue weighted by Crippen LogP contribution is 2.19. The molecule has 6 heteroatoms. The number of hydrogen-bond acceptors (Lipinski definition) is 5. The van der Waals surface area contributed by atoms with E-state index in [1.807, 2.05) is 6.20 Å². The van der Waals surface area contributed by atoms with Crippen LogP contribution in [0, 0.1) is 3.57 Å². The summed E-state index contributed by atoms with van der Waals surface area (Å²) in [5.74, 6) is 1.06. The van der Waals surface area contributed by atoms with Gasteiger partial charge in [0.2, 0.25) is 0 Å². The second-order valence-electron chi connectivity index (χ2n) is 4.17. The van der Waals surface area contributed by atoms with Crippen molar-refractivity contribution in [2.75, 3.05) is 44.2 Å². The van der Waals surface area contributed by atoms with E-state index in [0.29, 0.717) is 0 Å². The molecule has 1 fully saturated rings. The van der Waals surface area contributed by atoms with Gasteiger partial charge in [0.15, 0.2) is 0 Å². The maximum Gasteiger partial charge on any atom is 0.145 e. The van der Waals surface area contributed by atoms with Crippen LogP contribution in [-0.2, 0) is 0 Å².